The lowest BCUT2D eigenvalue weighted by Gasteiger charge is -2.21. The zero-order valence-corrected chi connectivity index (χ0v) is 12.8. The van der Waals surface area contributed by atoms with Crippen molar-refractivity contribution in [2.75, 3.05) is 26.8 Å². The molecule has 0 bridgehead atoms. The number of ether oxygens (including phenoxy) is 1. The summed E-state index contributed by atoms with van der Waals surface area (Å²) in [5, 5.41) is 0. The monoisotopic (exact) mass is 298 g/mol. The first-order valence-corrected chi connectivity index (χ1v) is 7.81. The van der Waals surface area contributed by atoms with Crippen LogP contribution in [0.25, 0.3) is 0 Å². The zero-order valence-electron chi connectivity index (χ0n) is 12.0. The van der Waals surface area contributed by atoms with Gasteiger partial charge in [0.15, 0.2) is 0 Å². The van der Waals surface area contributed by atoms with Crippen LogP contribution >= 0.6 is 0 Å². The predicted octanol–water partition coefficient (Wildman–Crippen LogP) is 1.28. The molecule has 112 valence electrons. The van der Waals surface area contributed by atoms with Gasteiger partial charge in [0.25, 0.3) is 0 Å². The number of methoxy groups -OCH3 is 1. The second kappa shape index (κ2) is 7.54. The van der Waals surface area contributed by atoms with Crippen LogP contribution in [0, 0.1) is 6.92 Å². The Hall–Kier alpha value is -1.21. The van der Waals surface area contributed by atoms with E-state index in [-0.39, 0.29) is 13.1 Å². The van der Waals surface area contributed by atoms with Crippen LogP contribution in [0.15, 0.2) is 35.7 Å². The highest BCUT2D eigenvalue weighted by molar-refractivity contribution is 7.89. The molecule has 0 amide bonds. The van der Waals surface area contributed by atoms with E-state index in [9.17, 15) is 8.42 Å². The van der Waals surface area contributed by atoms with Crippen molar-refractivity contribution in [3.05, 3.63) is 42.0 Å². The standard InChI is InChI=1S/C14H22N2O3S/c1-4-7-16(8-9-19-3)20(17,18)14-10-13(11-15)6-5-12(14)2/h4-6,10H,1,7-9,11,15H2,2-3H3. The summed E-state index contributed by atoms with van der Waals surface area (Å²) in [6.07, 6.45) is 1.56. The second-order valence-corrected chi connectivity index (χ2v) is 6.35. The van der Waals surface area contributed by atoms with Crippen LogP contribution in [-0.4, -0.2) is 39.5 Å². The van der Waals surface area contributed by atoms with Gasteiger partial charge in [0, 0.05) is 26.7 Å². The topological polar surface area (TPSA) is 72.6 Å². The molecule has 0 aliphatic rings. The fraction of sp³-hybridized carbons (Fsp3) is 0.429. The molecule has 2 N–H and O–H groups in total. The van der Waals surface area contributed by atoms with Gasteiger partial charge < -0.3 is 10.5 Å². The fourth-order valence-corrected chi connectivity index (χ4v) is 3.51. The van der Waals surface area contributed by atoms with Crippen molar-refractivity contribution in [3.63, 3.8) is 0 Å². The van der Waals surface area contributed by atoms with Crippen LogP contribution in [0.5, 0.6) is 0 Å². The van der Waals surface area contributed by atoms with Gasteiger partial charge in [-0.1, -0.05) is 18.2 Å². The third-order valence-electron chi connectivity index (χ3n) is 2.98. The maximum absolute atomic E-state index is 12.7. The van der Waals surface area contributed by atoms with E-state index in [1.54, 1.807) is 32.2 Å². The molecule has 1 aromatic rings. The highest BCUT2D eigenvalue weighted by Crippen LogP contribution is 2.21. The lowest BCUT2D eigenvalue weighted by atomic mass is 10.1. The van der Waals surface area contributed by atoms with Gasteiger partial charge in [0.05, 0.1) is 11.5 Å². The summed E-state index contributed by atoms with van der Waals surface area (Å²) in [5.41, 5.74) is 7.08. The summed E-state index contributed by atoms with van der Waals surface area (Å²) >= 11 is 0. The number of rotatable bonds is 8. The molecule has 1 rings (SSSR count). The summed E-state index contributed by atoms with van der Waals surface area (Å²) < 4.78 is 31.7. The van der Waals surface area contributed by atoms with E-state index in [0.717, 1.165) is 5.56 Å². The third-order valence-corrected chi connectivity index (χ3v) is 4.99. The van der Waals surface area contributed by atoms with Crippen LogP contribution in [0.2, 0.25) is 0 Å². The minimum Gasteiger partial charge on any atom is -0.383 e. The van der Waals surface area contributed by atoms with E-state index in [0.29, 0.717) is 23.6 Å². The molecule has 0 fully saturated rings. The predicted molar refractivity (Wildman–Crippen MR) is 79.9 cm³/mol. The number of hydrogen-bond donors (Lipinski definition) is 1. The average Bonchev–Trinajstić information content (AvgIpc) is 2.43. The normalized spacial score (nSPS) is 11.8. The Labute approximate surface area is 121 Å². The van der Waals surface area contributed by atoms with Crippen molar-refractivity contribution in [1.82, 2.24) is 4.31 Å². The lowest BCUT2D eigenvalue weighted by molar-refractivity contribution is 0.182. The number of hydrogen-bond acceptors (Lipinski definition) is 4. The summed E-state index contributed by atoms with van der Waals surface area (Å²) in [6, 6.07) is 5.24. The van der Waals surface area contributed by atoms with E-state index >= 15 is 0 Å². The molecule has 1 aromatic carbocycles. The Morgan fingerprint density at radius 3 is 2.70 bits per heavy atom. The maximum atomic E-state index is 12.7. The lowest BCUT2D eigenvalue weighted by Crippen LogP contribution is -2.34. The smallest absolute Gasteiger partial charge is 0.243 e. The molecule has 0 spiro atoms. The molecule has 0 atom stereocenters. The highest BCUT2D eigenvalue weighted by atomic mass is 32.2. The Morgan fingerprint density at radius 2 is 2.15 bits per heavy atom. The van der Waals surface area contributed by atoms with Crippen molar-refractivity contribution in [2.45, 2.75) is 18.4 Å². The summed E-state index contributed by atoms with van der Waals surface area (Å²) in [7, 11) is -2.03. The molecule has 0 aliphatic carbocycles. The van der Waals surface area contributed by atoms with Crippen molar-refractivity contribution >= 4 is 10.0 Å². The Morgan fingerprint density at radius 1 is 1.45 bits per heavy atom. The first-order chi connectivity index (χ1) is 9.47. The van der Waals surface area contributed by atoms with E-state index in [1.807, 2.05) is 6.07 Å². The number of aryl methyl sites for hydroxylation is 1. The average molecular weight is 298 g/mol. The van der Waals surface area contributed by atoms with Crippen molar-refractivity contribution in [3.8, 4) is 0 Å². The van der Waals surface area contributed by atoms with Crippen molar-refractivity contribution in [1.29, 1.82) is 0 Å². The molecule has 0 aromatic heterocycles. The van der Waals surface area contributed by atoms with Gasteiger partial charge in [-0.25, -0.2) is 8.42 Å². The number of sulfonamides is 1. The summed E-state index contributed by atoms with van der Waals surface area (Å²) in [4.78, 5) is 0.290. The summed E-state index contributed by atoms with van der Waals surface area (Å²) in [5.74, 6) is 0. The second-order valence-electron chi connectivity index (χ2n) is 4.45. The molecule has 0 unspecified atom stereocenters. The van der Waals surface area contributed by atoms with Crippen LogP contribution in [-0.2, 0) is 21.3 Å². The molecular formula is C14H22N2O3S. The van der Waals surface area contributed by atoms with E-state index in [2.05, 4.69) is 6.58 Å². The van der Waals surface area contributed by atoms with Gasteiger partial charge in [-0.3, -0.25) is 0 Å². The van der Waals surface area contributed by atoms with Crippen molar-refractivity contribution < 1.29 is 13.2 Å². The molecule has 6 heteroatoms. The van der Waals surface area contributed by atoms with Gasteiger partial charge in [0.2, 0.25) is 10.0 Å². The van der Waals surface area contributed by atoms with E-state index in [4.69, 9.17) is 10.5 Å². The Bertz CT molecular complexity index is 556. The molecule has 20 heavy (non-hydrogen) atoms. The number of benzene rings is 1. The Balaban J connectivity index is 3.20. The first kappa shape index (κ1) is 16.8. The van der Waals surface area contributed by atoms with Crippen LogP contribution in [0.1, 0.15) is 11.1 Å². The molecule has 5 nitrogen and oxygen atoms in total. The van der Waals surface area contributed by atoms with Gasteiger partial charge in [0.1, 0.15) is 0 Å². The molecule has 0 aliphatic heterocycles. The van der Waals surface area contributed by atoms with Gasteiger partial charge in [-0.05, 0) is 24.1 Å². The van der Waals surface area contributed by atoms with Crippen molar-refractivity contribution in [2.24, 2.45) is 5.73 Å². The van der Waals surface area contributed by atoms with Crippen LogP contribution < -0.4 is 5.73 Å². The highest BCUT2D eigenvalue weighted by Gasteiger charge is 2.25. The molecule has 0 heterocycles. The van der Waals surface area contributed by atoms with E-state index < -0.39 is 10.0 Å². The first-order valence-electron chi connectivity index (χ1n) is 6.37. The van der Waals surface area contributed by atoms with Gasteiger partial charge in [-0.2, -0.15) is 4.31 Å². The molecule has 0 saturated carbocycles. The molecule has 0 saturated heterocycles. The van der Waals surface area contributed by atoms with Gasteiger partial charge >= 0.3 is 0 Å². The van der Waals surface area contributed by atoms with Crippen LogP contribution in [0.4, 0.5) is 0 Å². The Kier molecular flexibility index (Phi) is 6.35. The molecule has 0 radical (unpaired) electrons. The maximum Gasteiger partial charge on any atom is 0.243 e. The molecular weight excluding hydrogens is 276 g/mol. The summed E-state index contributed by atoms with van der Waals surface area (Å²) in [6.45, 7) is 6.56. The van der Waals surface area contributed by atoms with Crippen LogP contribution in [0.3, 0.4) is 0 Å². The number of nitrogens with two attached hydrogens (primary N) is 1. The SMILES string of the molecule is C=CCN(CCOC)S(=O)(=O)c1cc(CN)ccc1C. The largest absolute Gasteiger partial charge is 0.383 e. The van der Waals surface area contributed by atoms with E-state index in [1.165, 1.54) is 4.31 Å². The fourth-order valence-electron chi connectivity index (χ4n) is 1.84. The third kappa shape index (κ3) is 3.89. The number of nitrogens with zero attached hydrogens (tertiary/aromatic N) is 1. The van der Waals surface area contributed by atoms with Gasteiger partial charge in [-0.15, -0.1) is 6.58 Å². The quantitative estimate of drug-likeness (QED) is 0.734. The minimum atomic E-state index is -3.57. The zero-order chi connectivity index (χ0) is 15.2. The minimum absolute atomic E-state index is 0.248.